The second-order valence-corrected chi connectivity index (χ2v) is 9.19. The number of carbonyl (C=O) groups is 2. The highest BCUT2D eigenvalue weighted by molar-refractivity contribution is 7.20. The number of halogens is 1. The molecule has 8 heteroatoms. The molecule has 32 heavy (non-hydrogen) atoms. The van der Waals surface area contributed by atoms with Crippen molar-refractivity contribution in [1.82, 2.24) is 14.7 Å². The van der Waals surface area contributed by atoms with E-state index >= 15 is 0 Å². The lowest BCUT2D eigenvalue weighted by Crippen LogP contribution is -2.34. The third kappa shape index (κ3) is 4.13. The molecule has 0 radical (unpaired) electrons. The number of likely N-dealkylation sites (N-methyl/N-ethyl adjacent to an activating group) is 1. The largest absolute Gasteiger partial charge is 0.332 e. The third-order valence-corrected chi connectivity index (χ3v) is 6.73. The summed E-state index contributed by atoms with van der Waals surface area (Å²) < 4.78 is 1.77. The highest BCUT2D eigenvalue weighted by Crippen LogP contribution is 2.33. The fourth-order valence-electron chi connectivity index (χ4n) is 3.61. The van der Waals surface area contributed by atoms with Crippen molar-refractivity contribution < 1.29 is 9.59 Å². The Balaban J connectivity index is 1.55. The van der Waals surface area contributed by atoms with Gasteiger partial charge in [0.05, 0.1) is 27.8 Å². The number of hydrogen-bond donors (Lipinski definition) is 1. The number of fused-ring (bicyclic) bond motifs is 1. The van der Waals surface area contributed by atoms with Gasteiger partial charge in [-0.25, -0.2) is 4.68 Å². The Morgan fingerprint density at radius 2 is 1.78 bits per heavy atom. The van der Waals surface area contributed by atoms with Crippen LogP contribution in [0.2, 0.25) is 5.02 Å². The lowest BCUT2D eigenvalue weighted by molar-refractivity contribution is -0.116. The van der Waals surface area contributed by atoms with Crippen molar-refractivity contribution in [2.24, 2.45) is 0 Å². The number of nitrogens with zero attached hydrogens (tertiary/aromatic N) is 3. The maximum Gasteiger partial charge on any atom is 0.264 e. The number of rotatable bonds is 5. The van der Waals surface area contributed by atoms with Crippen LogP contribution >= 0.6 is 22.9 Å². The predicted octanol–water partition coefficient (Wildman–Crippen LogP) is 5.38. The first-order valence-corrected chi connectivity index (χ1v) is 11.3. The van der Waals surface area contributed by atoms with Gasteiger partial charge in [-0.2, -0.15) is 5.10 Å². The van der Waals surface area contributed by atoms with E-state index in [-0.39, 0.29) is 18.4 Å². The fraction of sp³-hybridized carbons (Fsp3) is 0.208. The monoisotopic (exact) mass is 466 g/mol. The van der Waals surface area contributed by atoms with E-state index in [1.54, 1.807) is 11.7 Å². The van der Waals surface area contributed by atoms with Crippen molar-refractivity contribution in [2.45, 2.75) is 20.8 Å². The van der Waals surface area contributed by atoms with Crippen LogP contribution in [0.3, 0.4) is 0 Å². The number of anilines is 1. The van der Waals surface area contributed by atoms with Gasteiger partial charge in [0.15, 0.2) is 0 Å². The number of benzene rings is 2. The summed E-state index contributed by atoms with van der Waals surface area (Å²) in [5.41, 5.74) is 4.32. The van der Waals surface area contributed by atoms with Crippen molar-refractivity contribution in [3.05, 3.63) is 75.3 Å². The normalized spacial score (nSPS) is 11.0. The van der Waals surface area contributed by atoms with Crippen molar-refractivity contribution >= 4 is 50.7 Å². The topological polar surface area (TPSA) is 67.2 Å². The second kappa shape index (κ2) is 8.76. The lowest BCUT2D eigenvalue weighted by Gasteiger charge is -2.17. The summed E-state index contributed by atoms with van der Waals surface area (Å²) in [6.45, 7) is 5.74. The molecule has 6 nitrogen and oxygen atoms in total. The summed E-state index contributed by atoms with van der Waals surface area (Å²) in [6, 6.07) is 15.1. The molecule has 2 aromatic heterocycles. The summed E-state index contributed by atoms with van der Waals surface area (Å²) in [5.74, 6) is -0.453. The van der Waals surface area contributed by atoms with E-state index in [0.717, 1.165) is 38.4 Å². The number of para-hydroxylation sites is 2. The van der Waals surface area contributed by atoms with Gasteiger partial charge in [-0.15, -0.1) is 11.3 Å². The number of aromatic nitrogens is 2. The molecular formula is C24H23ClN4O2S. The Kier molecular flexibility index (Phi) is 6.04. The van der Waals surface area contributed by atoms with Gasteiger partial charge in [-0.05, 0) is 50.1 Å². The molecule has 0 aliphatic carbocycles. The molecule has 164 valence electrons. The molecule has 2 amide bonds. The molecule has 2 aromatic carbocycles. The average Bonchev–Trinajstić information content (AvgIpc) is 3.31. The summed E-state index contributed by atoms with van der Waals surface area (Å²) in [4.78, 5) is 28.5. The fourth-order valence-corrected chi connectivity index (χ4v) is 4.99. The molecule has 4 rings (SSSR count). The molecule has 0 aliphatic rings. The zero-order chi connectivity index (χ0) is 23.0. The maximum atomic E-state index is 13.1. The minimum atomic E-state index is -0.238. The summed E-state index contributed by atoms with van der Waals surface area (Å²) in [7, 11) is 1.63. The van der Waals surface area contributed by atoms with Crippen LogP contribution in [0.5, 0.6) is 0 Å². The number of aryl methyl sites for hydroxylation is 3. The van der Waals surface area contributed by atoms with Gasteiger partial charge < -0.3 is 10.2 Å². The summed E-state index contributed by atoms with van der Waals surface area (Å²) >= 11 is 7.70. The Morgan fingerprint density at radius 1 is 1.09 bits per heavy atom. The maximum absolute atomic E-state index is 13.1. The molecule has 0 saturated carbocycles. The minimum Gasteiger partial charge on any atom is -0.332 e. The van der Waals surface area contributed by atoms with E-state index in [1.165, 1.54) is 16.2 Å². The minimum absolute atomic E-state index is 0.0452. The van der Waals surface area contributed by atoms with Gasteiger partial charge in [0, 0.05) is 18.1 Å². The first-order chi connectivity index (χ1) is 15.3. The lowest BCUT2D eigenvalue weighted by atomic mass is 10.1. The molecule has 2 heterocycles. The summed E-state index contributed by atoms with van der Waals surface area (Å²) in [6.07, 6.45) is 0. The first kappa shape index (κ1) is 22.0. The van der Waals surface area contributed by atoms with E-state index in [9.17, 15) is 9.59 Å². The van der Waals surface area contributed by atoms with Crippen LogP contribution in [0.1, 0.15) is 26.5 Å². The zero-order valence-electron chi connectivity index (χ0n) is 18.3. The van der Waals surface area contributed by atoms with E-state index in [4.69, 9.17) is 11.6 Å². The number of thiophene rings is 1. The third-order valence-electron chi connectivity index (χ3n) is 5.31. The van der Waals surface area contributed by atoms with Gasteiger partial charge in [0.25, 0.3) is 5.91 Å². The molecule has 0 atom stereocenters. The molecule has 4 aromatic rings. The van der Waals surface area contributed by atoms with Gasteiger partial charge in [0.2, 0.25) is 5.91 Å². The molecule has 0 unspecified atom stereocenters. The standard InChI is InChI=1S/C24H23ClN4O2S/c1-14-8-7-9-15(2)22(14)26-21(30)13-28(4)23(31)20-12-17-16(3)27-29(24(17)32-20)19-11-6-5-10-18(19)25/h5-12H,13H2,1-4H3,(H,26,30). The number of amides is 2. The number of carbonyl (C=O) groups excluding carboxylic acids is 2. The molecule has 1 N–H and O–H groups in total. The van der Waals surface area contributed by atoms with E-state index in [1.807, 2.05) is 69.3 Å². The Hall–Kier alpha value is -3.16. The Labute approximate surface area is 195 Å². The molecular weight excluding hydrogens is 444 g/mol. The second-order valence-electron chi connectivity index (χ2n) is 7.75. The van der Waals surface area contributed by atoms with E-state index in [2.05, 4.69) is 10.4 Å². The zero-order valence-corrected chi connectivity index (χ0v) is 19.8. The van der Waals surface area contributed by atoms with Crippen LogP contribution in [0.4, 0.5) is 5.69 Å². The number of hydrogen-bond acceptors (Lipinski definition) is 4. The van der Waals surface area contributed by atoms with Crippen LogP contribution in [-0.2, 0) is 4.79 Å². The SMILES string of the molecule is Cc1cccc(C)c1NC(=O)CN(C)C(=O)c1cc2c(C)nn(-c3ccccc3Cl)c2s1. The van der Waals surface area contributed by atoms with Gasteiger partial charge >= 0.3 is 0 Å². The van der Waals surface area contributed by atoms with Crippen molar-refractivity contribution in [3.8, 4) is 5.69 Å². The van der Waals surface area contributed by atoms with Crippen LogP contribution < -0.4 is 5.32 Å². The van der Waals surface area contributed by atoms with Crippen LogP contribution in [0.25, 0.3) is 15.9 Å². The van der Waals surface area contributed by atoms with E-state index in [0.29, 0.717) is 9.90 Å². The van der Waals surface area contributed by atoms with Crippen molar-refractivity contribution in [3.63, 3.8) is 0 Å². The van der Waals surface area contributed by atoms with Crippen LogP contribution in [0.15, 0.2) is 48.5 Å². The molecule has 0 aliphatic heterocycles. The predicted molar refractivity (Wildman–Crippen MR) is 130 cm³/mol. The van der Waals surface area contributed by atoms with Crippen molar-refractivity contribution in [1.29, 1.82) is 0 Å². The molecule has 0 spiro atoms. The van der Waals surface area contributed by atoms with Gasteiger partial charge in [-0.1, -0.05) is 41.9 Å². The molecule has 0 fully saturated rings. The Bertz CT molecular complexity index is 1320. The number of nitrogens with one attached hydrogen (secondary N) is 1. The molecule has 0 saturated heterocycles. The highest BCUT2D eigenvalue weighted by atomic mass is 35.5. The quantitative estimate of drug-likeness (QED) is 0.429. The van der Waals surface area contributed by atoms with E-state index < -0.39 is 0 Å². The van der Waals surface area contributed by atoms with Crippen LogP contribution in [-0.4, -0.2) is 40.1 Å². The average molecular weight is 467 g/mol. The molecule has 0 bridgehead atoms. The summed E-state index contributed by atoms with van der Waals surface area (Å²) in [5, 5.41) is 8.99. The first-order valence-electron chi connectivity index (χ1n) is 10.1. The van der Waals surface area contributed by atoms with Gasteiger partial charge in [-0.3, -0.25) is 9.59 Å². The van der Waals surface area contributed by atoms with Crippen molar-refractivity contribution in [2.75, 3.05) is 18.9 Å². The Morgan fingerprint density at radius 3 is 2.47 bits per heavy atom. The van der Waals surface area contributed by atoms with Crippen LogP contribution in [0, 0.1) is 20.8 Å². The highest BCUT2D eigenvalue weighted by Gasteiger charge is 2.22. The van der Waals surface area contributed by atoms with Gasteiger partial charge in [0.1, 0.15) is 4.83 Å². The smallest absolute Gasteiger partial charge is 0.264 e.